The number of fused-ring (bicyclic) bond motifs is 2. The van der Waals surface area contributed by atoms with Gasteiger partial charge < -0.3 is 4.90 Å². The average molecular weight is 483 g/mol. The van der Waals surface area contributed by atoms with Crippen LogP contribution in [0.1, 0.15) is 25.0 Å². The van der Waals surface area contributed by atoms with Gasteiger partial charge in [0.1, 0.15) is 6.54 Å². The van der Waals surface area contributed by atoms with Gasteiger partial charge in [0.25, 0.3) is 0 Å². The van der Waals surface area contributed by atoms with Crippen LogP contribution in [0.3, 0.4) is 0 Å². The van der Waals surface area contributed by atoms with E-state index in [4.69, 9.17) is 34.8 Å². The lowest BCUT2D eigenvalue weighted by Gasteiger charge is -2.26. The van der Waals surface area contributed by atoms with Crippen LogP contribution in [0.15, 0.2) is 84.2 Å². The summed E-state index contributed by atoms with van der Waals surface area (Å²) in [4.78, 5) is 2.20. The van der Waals surface area contributed by atoms with Crippen molar-refractivity contribution < 1.29 is 4.57 Å². The third kappa shape index (κ3) is 4.78. The highest BCUT2D eigenvalue weighted by Crippen LogP contribution is 2.35. The Hall–Kier alpha value is -2.52. The van der Waals surface area contributed by atoms with Gasteiger partial charge in [-0.25, -0.2) is 0 Å². The Balaban J connectivity index is 1.65. The van der Waals surface area contributed by atoms with Gasteiger partial charge in [-0.2, -0.15) is 4.57 Å². The first-order valence-corrected chi connectivity index (χ1v) is 11.8. The second kappa shape index (κ2) is 9.95. The van der Waals surface area contributed by atoms with E-state index in [9.17, 15) is 0 Å². The van der Waals surface area contributed by atoms with E-state index in [0.717, 1.165) is 56.4 Å². The first kappa shape index (κ1) is 22.7. The number of anilines is 1. The van der Waals surface area contributed by atoms with Crippen molar-refractivity contribution in [3.8, 4) is 0 Å². The summed E-state index contributed by atoms with van der Waals surface area (Å²) in [6, 6.07) is 14.0. The van der Waals surface area contributed by atoms with Crippen molar-refractivity contribution in [2.24, 2.45) is 0 Å². The molecule has 0 fully saturated rings. The van der Waals surface area contributed by atoms with E-state index in [-0.39, 0.29) is 0 Å². The molecule has 0 unspecified atom stereocenters. The second-order valence-electron chi connectivity index (χ2n) is 7.49. The van der Waals surface area contributed by atoms with E-state index in [1.807, 2.05) is 48.6 Å². The third-order valence-corrected chi connectivity index (χ3v) is 6.27. The van der Waals surface area contributed by atoms with Gasteiger partial charge in [-0.3, -0.25) is 0 Å². The van der Waals surface area contributed by atoms with Crippen LogP contribution in [-0.2, 0) is 6.54 Å². The molecule has 0 amide bonds. The Morgan fingerprint density at radius 3 is 2.59 bits per heavy atom. The zero-order chi connectivity index (χ0) is 22.7. The first-order chi connectivity index (χ1) is 15.5. The molecule has 32 heavy (non-hydrogen) atoms. The number of benzene rings is 2. The molecule has 0 saturated carbocycles. The molecule has 4 rings (SSSR count). The number of aromatic nitrogens is 1. The summed E-state index contributed by atoms with van der Waals surface area (Å²) in [7, 11) is 0. The number of hydrogen-bond donors (Lipinski definition) is 0. The van der Waals surface area contributed by atoms with Gasteiger partial charge in [0, 0.05) is 51.2 Å². The maximum Gasteiger partial charge on any atom is 0.213 e. The molecule has 0 N–H and O–H groups in total. The average Bonchev–Trinajstić information content (AvgIpc) is 2.80. The van der Waals surface area contributed by atoms with Crippen molar-refractivity contribution in [2.75, 3.05) is 11.4 Å². The fourth-order valence-corrected chi connectivity index (χ4v) is 4.37. The molecule has 0 bridgehead atoms. The first-order valence-electron chi connectivity index (χ1n) is 10.6. The maximum absolute atomic E-state index is 6.54. The fraction of sp³-hybridized carbons (Fsp3) is 0.148. The fourth-order valence-electron chi connectivity index (χ4n) is 3.90. The van der Waals surface area contributed by atoms with Crippen LogP contribution >= 0.6 is 34.8 Å². The summed E-state index contributed by atoms with van der Waals surface area (Å²) in [5.74, 6) is 0. The Morgan fingerprint density at radius 1 is 1.03 bits per heavy atom. The largest absolute Gasteiger partial charge is 0.348 e. The lowest BCUT2D eigenvalue weighted by Crippen LogP contribution is -2.32. The van der Waals surface area contributed by atoms with Crippen molar-refractivity contribution >= 4 is 63.0 Å². The van der Waals surface area contributed by atoms with Crippen LogP contribution in [0, 0.1) is 0 Å². The maximum atomic E-state index is 6.54. The third-order valence-electron chi connectivity index (χ3n) is 5.55. The lowest BCUT2D eigenvalue weighted by molar-refractivity contribution is -0.667. The highest BCUT2D eigenvalue weighted by atomic mass is 35.5. The zero-order valence-electron chi connectivity index (χ0n) is 18.0. The summed E-state index contributed by atoms with van der Waals surface area (Å²) in [5, 5.41) is 3.17. The highest BCUT2D eigenvalue weighted by Gasteiger charge is 2.15. The number of nitrogens with zero attached hydrogens (tertiary/aromatic N) is 2. The Morgan fingerprint density at radius 2 is 1.81 bits per heavy atom. The highest BCUT2D eigenvalue weighted by molar-refractivity contribution is 6.32. The monoisotopic (exact) mass is 481 g/mol. The molecule has 0 aliphatic carbocycles. The van der Waals surface area contributed by atoms with Crippen LogP contribution < -0.4 is 9.47 Å². The van der Waals surface area contributed by atoms with Crippen molar-refractivity contribution in [2.45, 2.75) is 20.4 Å². The van der Waals surface area contributed by atoms with Gasteiger partial charge in [0.05, 0.1) is 5.39 Å². The van der Waals surface area contributed by atoms with Gasteiger partial charge in [-0.15, -0.1) is 0 Å². The topological polar surface area (TPSA) is 7.12 Å². The summed E-state index contributed by atoms with van der Waals surface area (Å²) in [5.41, 5.74) is 5.52. The van der Waals surface area contributed by atoms with Crippen LogP contribution in [0.2, 0.25) is 10.0 Å². The number of hydrogen-bond acceptors (Lipinski definition) is 1. The summed E-state index contributed by atoms with van der Waals surface area (Å²) in [6.07, 6.45) is 14.1. The molecule has 1 aliphatic heterocycles. The molecule has 0 radical (unpaired) electrons. The Labute approximate surface area is 204 Å². The summed E-state index contributed by atoms with van der Waals surface area (Å²) in [6.45, 7) is 6.04. The molecule has 162 valence electrons. The van der Waals surface area contributed by atoms with Gasteiger partial charge in [0.15, 0.2) is 6.20 Å². The summed E-state index contributed by atoms with van der Waals surface area (Å²) < 4.78 is 2.20. The van der Waals surface area contributed by atoms with E-state index < -0.39 is 0 Å². The number of pyridine rings is 1. The molecule has 0 saturated heterocycles. The predicted molar refractivity (Wildman–Crippen MR) is 139 cm³/mol. The molecular formula is C27H24Cl3N2+. The SMILES string of the molecule is CCN1C=C\C(=C/C=C(Cl)/C=C/c2cc[n+](CC)c3ccc(Cl)cc23)c2cc(Cl)ccc21. The molecule has 1 aliphatic rings. The van der Waals surface area contributed by atoms with Gasteiger partial charge in [-0.1, -0.05) is 47.0 Å². The van der Waals surface area contributed by atoms with Crippen LogP contribution in [0.4, 0.5) is 5.69 Å². The van der Waals surface area contributed by atoms with Crippen LogP contribution in [0.25, 0.3) is 22.6 Å². The lowest BCUT2D eigenvalue weighted by atomic mass is 9.99. The number of allylic oxidation sites excluding steroid dienone is 6. The molecule has 1 aromatic heterocycles. The molecule has 2 aromatic carbocycles. The normalized spacial score (nSPS) is 15.2. The van der Waals surface area contributed by atoms with Crippen molar-refractivity contribution in [1.29, 1.82) is 0 Å². The minimum atomic E-state index is 0.634. The number of aryl methyl sites for hydroxylation is 1. The number of halogens is 3. The van der Waals surface area contributed by atoms with Crippen LogP contribution in [0.5, 0.6) is 0 Å². The van der Waals surface area contributed by atoms with Crippen molar-refractivity contribution in [1.82, 2.24) is 0 Å². The smallest absolute Gasteiger partial charge is 0.213 e. The molecule has 3 aromatic rings. The second-order valence-corrected chi connectivity index (χ2v) is 8.80. The molecule has 5 heteroatoms. The predicted octanol–water partition coefficient (Wildman–Crippen LogP) is 8.03. The van der Waals surface area contributed by atoms with Gasteiger partial charge in [-0.05, 0) is 73.5 Å². The Kier molecular flexibility index (Phi) is 7.05. The molecule has 0 spiro atoms. The van der Waals surface area contributed by atoms with E-state index >= 15 is 0 Å². The molecule has 0 atom stereocenters. The molecule has 2 heterocycles. The van der Waals surface area contributed by atoms with E-state index in [2.05, 4.69) is 60.0 Å². The molecular weight excluding hydrogens is 459 g/mol. The van der Waals surface area contributed by atoms with Gasteiger partial charge >= 0.3 is 0 Å². The minimum Gasteiger partial charge on any atom is -0.348 e. The van der Waals surface area contributed by atoms with E-state index in [0.29, 0.717) is 5.03 Å². The van der Waals surface area contributed by atoms with Gasteiger partial charge in [0.2, 0.25) is 5.52 Å². The van der Waals surface area contributed by atoms with Crippen molar-refractivity contribution in [3.63, 3.8) is 0 Å². The zero-order valence-corrected chi connectivity index (χ0v) is 20.3. The molecule has 2 nitrogen and oxygen atoms in total. The number of rotatable bonds is 5. The summed E-state index contributed by atoms with van der Waals surface area (Å²) >= 11 is 19.1. The standard InChI is InChI=1S/C27H24Cl3N2/c1-3-31-15-13-19(24-17-22(29)9-11-26(24)31)5-7-21(28)8-6-20-14-16-32(4-2)27-12-10-23(30)18-25(20)27/h5-18H,3-4H2,1-2H3/q+1. The quantitative estimate of drug-likeness (QED) is 0.264. The Bertz CT molecular complexity index is 1290. The van der Waals surface area contributed by atoms with E-state index in [1.54, 1.807) is 0 Å². The van der Waals surface area contributed by atoms with Crippen molar-refractivity contribution in [3.05, 3.63) is 105 Å². The van der Waals surface area contributed by atoms with Crippen LogP contribution in [-0.4, -0.2) is 6.54 Å². The minimum absolute atomic E-state index is 0.634. The van der Waals surface area contributed by atoms with E-state index in [1.165, 1.54) is 0 Å².